The third-order valence-corrected chi connectivity index (χ3v) is 3.64. The molecule has 2 unspecified atom stereocenters. The molecule has 0 aliphatic rings. The van der Waals surface area contributed by atoms with Crippen LogP contribution in [0.1, 0.15) is 52.1 Å². The molecule has 21 heavy (non-hydrogen) atoms. The minimum atomic E-state index is -0.305. The van der Waals surface area contributed by atoms with Gasteiger partial charge in [0.1, 0.15) is 5.82 Å². The van der Waals surface area contributed by atoms with Crippen molar-refractivity contribution in [2.45, 2.75) is 52.6 Å². The van der Waals surface area contributed by atoms with Gasteiger partial charge in [0.2, 0.25) is 5.91 Å². The number of benzene rings is 1. The van der Waals surface area contributed by atoms with E-state index in [1.54, 1.807) is 30.1 Å². The first-order valence-electron chi connectivity index (χ1n) is 7.37. The van der Waals surface area contributed by atoms with Gasteiger partial charge in [-0.1, -0.05) is 39.0 Å². The zero-order chi connectivity index (χ0) is 16.2. The van der Waals surface area contributed by atoms with Crippen LogP contribution in [0.4, 0.5) is 4.39 Å². The van der Waals surface area contributed by atoms with E-state index in [0.29, 0.717) is 5.56 Å². The van der Waals surface area contributed by atoms with Crippen molar-refractivity contribution in [2.75, 3.05) is 7.05 Å². The van der Waals surface area contributed by atoms with Gasteiger partial charge < -0.3 is 10.6 Å². The van der Waals surface area contributed by atoms with Crippen LogP contribution in [-0.4, -0.2) is 23.9 Å². The first-order chi connectivity index (χ1) is 9.61. The number of nitrogens with two attached hydrogens (primary N) is 1. The lowest BCUT2D eigenvalue weighted by Gasteiger charge is -2.28. The maximum Gasteiger partial charge on any atom is 0.224 e. The molecule has 1 amide bonds. The standard InChI is InChI=1S/C17H27FN2O/c1-12(14-8-6-7-9-15(14)18)20(5)16(21)10-13(19)11-17(2,3)4/h6-9,12-13H,10-11,19H2,1-5H3. The van der Waals surface area contributed by atoms with E-state index in [9.17, 15) is 9.18 Å². The molecule has 3 nitrogen and oxygen atoms in total. The Balaban J connectivity index is 2.68. The Bertz CT molecular complexity index is 482. The molecule has 1 aromatic rings. The van der Waals surface area contributed by atoms with Crippen molar-refractivity contribution >= 4 is 5.91 Å². The number of amides is 1. The summed E-state index contributed by atoms with van der Waals surface area (Å²) in [5.41, 5.74) is 6.66. The minimum Gasteiger partial charge on any atom is -0.339 e. The first-order valence-corrected chi connectivity index (χ1v) is 7.37. The van der Waals surface area contributed by atoms with Crippen LogP contribution in [0.2, 0.25) is 0 Å². The summed E-state index contributed by atoms with van der Waals surface area (Å²) in [7, 11) is 1.70. The monoisotopic (exact) mass is 294 g/mol. The molecule has 0 saturated carbocycles. The molecule has 0 aliphatic carbocycles. The summed E-state index contributed by atoms with van der Waals surface area (Å²) < 4.78 is 13.8. The molecule has 1 aromatic carbocycles. The number of nitrogens with zero attached hydrogens (tertiary/aromatic N) is 1. The minimum absolute atomic E-state index is 0.0532. The van der Waals surface area contributed by atoms with Gasteiger partial charge in [0.05, 0.1) is 6.04 Å². The first kappa shape index (κ1) is 17.6. The second kappa shape index (κ2) is 7.03. The molecule has 0 saturated heterocycles. The van der Waals surface area contributed by atoms with Crippen LogP contribution in [0.3, 0.4) is 0 Å². The van der Waals surface area contributed by atoms with E-state index in [-0.39, 0.29) is 35.6 Å². The van der Waals surface area contributed by atoms with Gasteiger partial charge in [-0.15, -0.1) is 0 Å². The molecule has 0 spiro atoms. The Labute approximate surface area is 127 Å². The molecule has 2 atom stereocenters. The number of carbonyl (C=O) groups is 1. The van der Waals surface area contributed by atoms with Crippen molar-refractivity contribution in [1.82, 2.24) is 4.90 Å². The fourth-order valence-electron chi connectivity index (χ4n) is 2.47. The number of carbonyl (C=O) groups excluding carboxylic acids is 1. The van der Waals surface area contributed by atoms with Gasteiger partial charge in [0.25, 0.3) is 0 Å². The second-order valence-electron chi connectivity index (χ2n) is 6.93. The molecule has 0 aromatic heterocycles. The molecule has 2 N–H and O–H groups in total. The average molecular weight is 294 g/mol. The summed E-state index contributed by atoms with van der Waals surface area (Å²) in [4.78, 5) is 13.9. The quantitative estimate of drug-likeness (QED) is 0.903. The predicted molar refractivity (Wildman–Crippen MR) is 84.2 cm³/mol. The van der Waals surface area contributed by atoms with Crippen molar-refractivity contribution < 1.29 is 9.18 Å². The molecule has 0 bridgehead atoms. The van der Waals surface area contributed by atoms with Crippen LogP contribution in [0.25, 0.3) is 0 Å². The molecule has 0 heterocycles. The maximum absolute atomic E-state index is 13.8. The molecule has 1 rings (SSSR count). The van der Waals surface area contributed by atoms with E-state index in [1.165, 1.54) is 6.07 Å². The highest BCUT2D eigenvalue weighted by atomic mass is 19.1. The molecule has 118 valence electrons. The van der Waals surface area contributed by atoms with Gasteiger partial charge in [-0.25, -0.2) is 4.39 Å². The van der Waals surface area contributed by atoms with Gasteiger partial charge >= 0.3 is 0 Å². The summed E-state index contributed by atoms with van der Waals surface area (Å²) in [6, 6.07) is 6.06. The summed E-state index contributed by atoms with van der Waals surface area (Å²) in [5, 5.41) is 0. The van der Waals surface area contributed by atoms with E-state index >= 15 is 0 Å². The topological polar surface area (TPSA) is 46.3 Å². The number of hydrogen-bond acceptors (Lipinski definition) is 2. The van der Waals surface area contributed by atoms with Crippen LogP contribution in [0.15, 0.2) is 24.3 Å². The molecule has 0 radical (unpaired) electrons. The number of hydrogen-bond donors (Lipinski definition) is 1. The van der Waals surface area contributed by atoms with E-state index in [0.717, 1.165) is 6.42 Å². The summed E-state index contributed by atoms with van der Waals surface area (Å²) in [6.45, 7) is 8.13. The molecule has 0 aliphatic heterocycles. The van der Waals surface area contributed by atoms with Crippen molar-refractivity contribution in [3.05, 3.63) is 35.6 Å². The van der Waals surface area contributed by atoms with E-state index in [2.05, 4.69) is 20.8 Å². The number of halogens is 1. The summed E-state index contributed by atoms with van der Waals surface area (Å²) in [6.07, 6.45) is 1.06. The van der Waals surface area contributed by atoms with Crippen LogP contribution in [-0.2, 0) is 4.79 Å². The van der Waals surface area contributed by atoms with Crippen LogP contribution in [0, 0.1) is 11.2 Å². The summed E-state index contributed by atoms with van der Waals surface area (Å²) in [5.74, 6) is -0.342. The Hall–Kier alpha value is -1.42. The summed E-state index contributed by atoms with van der Waals surface area (Å²) >= 11 is 0. The SMILES string of the molecule is CC(c1ccccc1F)N(C)C(=O)CC(N)CC(C)(C)C. The Morgan fingerprint density at radius 1 is 1.33 bits per heavy atom. The third kappa shape index (κ3) is 5.46. The normalized spacial score (nSPS) is 14.6. The zero-order valence-electron chi connectivity index (χ0n) is 13.7. The van der Waals surface area contributed by atoms with Crippen molar-refractivity contribution in [3.63, 3.8) is 0 Å². The maximum atomic E-state index is 13.8. The van der Waals surface area contributed by atoms with Gasteiger partial charge in [0, 0.05) is 25.1 Å². The second-order valence-corrected chi connectivity index (χ2v) is 6.93. The lowest BCUT2D eigenvalue weighted by atomic mass is 9.87. The molecular weight excluding hydrogens is 267 g/mol. The number of rotatable bonds is 5. The lowest BCUT2D eigenvalue weighted by molar-refractivity contribution is -0.132. The fourth-order valence-corrected chi connectivity index (χ4v) is 2.47. The van der Waals surface area contributed by atoms with Crippen molar-refractivity contribution in [1.29, 1.82) is 0 Å². The van der Waals surface area contributed by atoms with Crippen LogP contribution in [0.5, 0.6) is 0 Å². The third-order valence-electron chi connectivity index (χ3n) is 3.64. The van der Waals surface area contributed by atoms with E-state index in [1.807, 2.05) is 6.92 Å². The highest BCUT2D eigenvalue weighted by molar-refractivity contribution is 5.77. The van der Waals surface area contributed by atoms with Gasteiger partial charge in [-0.2, -0.15) is 0 Å². The highest BCUT2D eigenvalue weighted by Crippen LogP contribution is 2.24. The Morgan fingerprint density at radius 3 is 2.43 bits per heavy atom. The lowest BCUT2D eigenvalue weighted by Crippen LogP contribution is -2.36. The Kier molecular flexibility index (Phi) is 5.90. The van der Waals surface area contributed by atoms with Crippen LogP contribution >= 0.6 is 0 Å². The molecule has 4 heteroatoms. The fraction of sp³-hybridized carbons (Fsp3) is 0.588. The van der Waals surface area contributed by atoms with E-state index < -0.39 is 0 Å². The van der Waals surface area contributed by atoms with Gasteiger partial charge in [-0.05, 0) is 24.8 Å². The largest absolute Gasteiger partial charge is 0.339 e. The average Bonchev–Trinajstić information content (AvgIpc) is 2.35. The van der Waals surface area contributed by atoms with Crippen molar-refractivity contribution in [2.24, 2.45) is 11.1 Å². The van der Waals surface area contributed by atoms with Gasteiger partial charge in [0.15, 0.2) is 0 Å². The Morgan fingerprint density at radius 2 is 1.90 bits per heavy atom. The smallest absolute Gasteiger partial charge is 0.224 e. The van der Waals surface area contributed by atoms with E-state index in [4.69, 9.17) is 5.73 Å². The van der Waals surface area contributed by atoms with Crippen LogP contribution < -0.4 is 5.73 Å². The highest BCUT2D eigenvalue weighted by Gasteiger charge is 2.23. The molecule has 0 fully saturated rings. The van der Waals surface area contributed by atoms with Gasteiger partial charge in [-0.3, -0.25) is 4.79 Å². The molecular formula is C17H27FN2O. The van der Waals surface area contributed by atoms with Crippen molar-refractivity contribution in [3.8, 4) is 0 Å². The zero-order valence-corrected chi connectivity index (χ0v) is 13.7. The predicted octanol–water partition coefficient (Wildman–Crippen LogP) is 3.50.